The van der Waals surface area contributed by atoms with Gasteiger partial charge in [-0.25, -0.2) is 0 Å². The number of ether oxygens (including phenoxy) is 1. The summed E-state index contributed by atoms with van der Waals surface area (Å²) in [5, 5.41) is 0. The molecular formula is C10H11BF3O-. The smallest absolute Gasteiger partial charge is 0.490 e. The summed E-state index contributed by atoms with van der Waals surface area (Å²) in [5.74, 6) is 0.442. The molecular weight excluding hydrogens is 204 g/mol. The van der Waals surface area contributed by atoms with Crippen molar-refractivity contribution in [2.75, 3.05) is 6.61 Å². The van der Waals surface area contributed by atoms with Crippen LogP contribution in [-0.2, 0) is 0 Å². The fourth-order valence-corrected chi connectivity index (χ4v) is 1.02. The highest BCUT2D eigenvalue weighted by Crippen LogP contribution is 2.13. The van der Waals surface area contributed by atoms with Crippen molar-refractivity contribution in [1.29, 1.82) is 0 Å². The molecule has 0 radical (unpaired) electrons. The molecule has 0 aromatic heterocycles. The summed E-state index contributed by atoms with van der Waals surface area (Å²) in [6, 6.07) is 4.72. The maximum absolute atomic E-state index is 12.2. The van der Waals surface area contributed by atoms with Crippen LogP contribution >= 0.6 is 0 Å². The molecule has 0 fully saturated rings. The first-order valence-electron chi connectivity index (χ1n) is 4.58. The molecule has 0 heterocycles. The Hall–Kier alpha value is -1.39. The minimum Gasteiger partial charge on any atom is -0.490 e. The summed E-state index contributed by atoms with van der Waals surface area (Å²) in [5.41, 5.74) is -0.603. The molecule has 1 nitrogen and oxygen atoms in total. The Labute approximate surface area is 86.6 Å². The molecule has 1 aromatic rings. The Morgan fingerprint density at radius 1 is 1.20 bits per heavy atom. The Balaban J connectivity index is 2.64. The van der Waals surface area contributed by atoms with Crippen LogP contribution in [-0.4, -0.2) is 13.6 Å². The first kappa shape index (κ1) is 11.7. The first-order chi connectivity index (χ1) is 7.04. The molecule has 15 heavy (non-hydrogen) atoms. The lowest BCUT2D eigenvalue weighted by Gasteiger charge is -2.14. The van der Waals surface area contributed by atoms with E-state index in [1.165, 1.54) is 12.1 Å². The number of rotatable bonds is 4. The number of benzene rings is 1. The number of halogens is 3. The summed E-state index contributed by atoms with van der Waals surface area (Å²) in [7, 11) is 0. The summed E-state index contributed by atoms with van der Waals surface area (Å²) in [6.07, 6.45) is 3.59. The van der Waals surface area contributed by atoms with Gasteiger partial charge in [0.2, 0.25) is 0 Å². The van der Waals surface area contributed by atoms with E-state index in [9.17, 15) is 12.9 Å². The normalized spacial score (nSPS) is 12.0. The van der Waals surface area contributed by atoms with Crippen molar-refractivity contribution in [2.24, 2.45) is 0 Å². The van der Waals surface area contributed by atoms with E-state index in [4.69, 9.17) is 4.74 Å². The first-order valence-corrected chi connectivity index (χ1v) is 4.58. The molecule has 0 saturated heterocycles. The summed E-state index contributed by atoms with van der Waals surface area (Å²) in [4.78, 5) is 0. The van der Waals surface area contributed by atoms with Crippen LogP contribution in [0, 0.1) is 0 Å². The second kappa shape index (κ2) is 4.91. The molecule has 0 unspecified atom stereocenters. The highest BCUT2D eigenvalue weighted by atomic mass is 19.4. The van der Waals surface area contributed by atoms with Crippen LogP contribution in [0.5, 0.6) is 5.75 Å². The van der Waals surface area contributed by atoms with Gasteiger partial charge in [-0.2, -0.15) is 0 Å². The standard InChI is InChI=1S/C10H11BF3O/c1-2-3-8-15-10-6-4-9(5-7-10)11(12,13)14/h2-7H,8H2,1H3/q-1/b3-2+. The molecule has 1 aromatic carbocycles. The maximum Gasteiger partial charge on any atom is 0.509 e. The lowest BCUT2D eigenvalue weighted by molar-refractivity contribution is 0.363. The highest BCUT2D eigenvalue weighted by molar-refractivity contribution is 6.73. The Morgan fingerprint density at radius 3 is 2.27 bits per heavy atom. The Morgan fingerprint density at radius 2 is 1.80 bits per heavy atom. The van der Waals surface area contributed by atoms with Crippen LogP contribution in [0.25, 0.3) is 0 Å². The lowest BCUT2D eigenvalue weighted by Crippen LogP contribution is -2.33. The molecule has 82 valence electrons. The Bertz CT molecular complexity index is 330. The fourth-order valence-electron chi connectivity index (χ4n) is 1.02. The van der Waals surface area contributed by atoms with E-state index < -0.39 is 12.4 Å². The second-order valence-electron chi connectivity index (χ2n) is 3.02. The highest BCUT2D eigenvalue weighted by Gasteiger charge is 2.24. The van der Waals surface area contributed by atoms with E-state index in [2.05, 4.69) is 0 Å². The SMILES string of the molecule is C/C=C/COc1ccc([B-](F)(F)F)cc1. The molecule has 0 N–H and O–H groups in total. The average Bonchev–Trinajstić information content (AvgIpc) is 2.18. The van der Waals surface area contributed by atoms with Gasteiger partial charge in [0.05, 0.1) is 0 Å². The van der Waals surface area contributed by atoms with E-state index in [0.717, 1.165) is 12.1 Å². The van der Waals surface area contributed by atoms with Gasteiger partial charge in [-0.05, 0) is 19.1 Å². The number of hydrogen-bond donors (Lipinski definition) is 0. The predicted molar refractivity (Wildman–Crippen MR) is 55.5 cm³/mol. The van der Waals surface area contributed by atoms with Crippen molar-refractivity contribution in [3.8, 4) is 5.75 Å². The zero-order chi connectivity index (χ0) is 11.3. The second-order valence-corrected chi connectivity index (χ2v) is 3.02. The van der Waals surface area contributed by atoms with Gasteiger partial charge < -0.3 is 17.7 Å². The van der Waals surface area contributed by atoms with Crippen molar-refractivity contribution >= 4 is 12.4 Å². The average molecular weight is 215 g/mol. The number of allylic oxidation sites excluding steroid dienone is 1. The largest absolute Gasteiger partial charge is 0.509 e. The van der Waals surface area contributed by atoms with Gasteiger partial charge in [0.25, 0.3) is 0 Å². The minimum atomic E-state index is -4.91. The van der Waals surface area contributed by atoms with Gasteiger partial charge >= 0.3 is 6.98 Å². The molecule has 5 heteroatoms. The lowest BCUT2D eigenvalue weighted by atomic mass is 9.80. The maximum atomic E-state index is 12.2. The van der Waals surface area contributed by atoms with Crippen molar-refractivity contribution in [3.05, 3.63) is 36.4 Å². The molecule has 0 saturated carbocycles. The molecule has 0 aliphatic heterocycles. The topological polar surface area (TPSA) is 9.23 Å². The molecule has 0 spiro atoms. The van der Waals surface area contributed by atoms with Crippen molar-refractivity contribution in [2.45, 2.75) is 6.92 Å². The summed E-state index contributed by atoms with van der Waals surface area (Å²) >= 11 is 0. The van der Waals surface area contributed by atoms with Crippen LogP contribution < -0.4 is 10.2 Å². The molecule has 1 rings (SSSR count). The molecule has 0 bridgehead atoms. The van der Waals surface area contributed by atoms with Gasteiger partial charge in [-0.1, -0.05) is 24.3 Å². The van der Waals surface area contributed by atoms with Gasteiger partial charge in [-0.3, -0.25) is 0 Å². The van der Waals surface area contributed by atoms with Crippen molar-refractivity contribution in [1.82, 2.24) is 0 Å². The van der Waals surface area contributed by atoms with E-state index in [0.29, 0.717) is 12.4 Å². The summed E-state index contributed by atoms with van der Waals surface area (Å²) < 4.78 is 41.9. The van der Waals surface area contributed by atoms with Crippen LogP contribution in [0.3, 0.4) is 0 Å². The van der Waals surface area contributed by atoms with Crippen molar-refractivity contribution in [3.63, 3.8) is 0 Å². The fraction of sp³-hybridized carbons (Fsp3) is 0.200. The number of hydrogen-bond acceptors (Lipinski definition) is 1. The van der Waals surface area contributed by atoms with Crippen LogP contribution in [0.1, 0.15) is 6.92 Å². The van der Waals surface area contributed by atoms with E-state index in [1.807, 2.05) is 13.0 Å². The summed E-state index contributed by atoms with van der Waals surface area (Å²) in [6.45, 7) is -2.69. The van der Waals surface area contributed by atoms with Gasteiger partial charge in [0, 0.05) is 0 Å². The monoisotopic (exact) mass is 215 g/mol. The van der Waals surface area contributed by atoms with Crippen LogP contribution in [0.2, 0.25) is 0 Å². The Kier molecular flexibility index (Phi) is 3.83. The van der Waals surface area contributed by atoms with E-state index in [1.54, 1.807) is 6.08 Å². The van der Waals surface area contributed by atoms with Gasteiger partial charge in [-0.15, -0.1) is 5.46 Å². The molecule has 0 aliphatic carbocycles. The zero-order valence-corrected chi connectivity index (χ0v) is 8.29. The molecule has 0 amide bonds. The third-order valence-corrected chi connectivity index (χ3v) is 1.84. The molecule has 0 atom stereocenters. The predicted octanol–water partition coefficient (Wildman–Crippen LogP) is 2.70. The molecule has 0 aliphatic rings. The van der Waals surface area contributed by atoms with Gasteiger partial charge in [0.1, 0.15) is 12.4 Å². The third kappa shape index (κ3) is 3.69. The zero-order valence-electron chi connectivity index (χ0n) is 8.29. The van der Waals surface area contributed by atoms with E-state index >= 15 is 0 Å². The minimum absolute atomic E-state index is 0.368. The van der Waals surface area contributed by atoms with Crippen LogP contribution in [0.4, 0.5) is 12.9 Å². The quantitative estimate of drug-likeness (QED) is 0.554. The van der Waals surface area contributed by atoms with Crippen molar-refractivity contribution < 1.29 is 17.7 Å². The van der Waals surface area contributed by atoms with Gasteiger partial charge in [0.15, 0.2) is 0 Å². The van der Waals surface area contributed by atoms with Crippen LogP contribution in [0.15, 0.2) is 36.4 Å². The third-order valence-electron chi connectivity index (χ3n) is 1.84. The van der Waals surface area contributed by atoms with E-state index in [-0.39, 0.29) is 0 Å².